The van der Waals surface area contributed by atoms with Crippen LogP contribution in [-0.2, 0) is 0 Å². The highest BCUT2D eigenvalue weighted by atomic mass is 32.2. The molecule has 1 fully saturated rings. The molecule has 1 aromatic carbocycles. The molecule has 7 nitrogen and oxygen atoms in total. The lowest BCUT2D eigenvalue weighted by atomic mass is 9.79. The number of aromatic hydroxyl groups is 1. The largest absolute Gasteiger partial charge is 0.507 e. The minimum atomic E-state index is -0.0184. The first-order chi connectivity index (χ1) is 13.5. The fourth-order valence-corrected chi connectivity index (χ4v) is 4.96. The van der Waals surface area contributed by atoms with Crippen molar-refractivity contribution in [3.05, 3.63) is 42.2 Å². The molecule has 1 saturated heterocycles. The molecule has 0 spiro atoms. The zero-order chi connectivity index (χ0) is 21.4. The number of nitrogens with zero attached hydrogens (tertiary/aromatic N) is 3. The fraction of sp³-hybridized carbons (Fsp3) is 0.476. The van der Waals surface area contributed by atoms with E-state index in [2.05, 4.69) is 38.1 Å². The maximum Gasteiger partial charge on any atom is 0.162 e. The highest BCUT2D eigenvalue weighted by Gasteiger charge is 2.39. The van der Waals surface area contributed by atoms with Gasteiger partial charge in [-0.05, 0) is 76.6 Å². The van der Waals surface area contributed by atoms with Crippen LogP contribution < -0.4 is 5.32 Å². The van der Waals surface area contributed by atoms with E-state index in [0.717, 1.165) is 30.3 Å². The van der Waals surface area contributed by atoms with Crippen LogP contribution in [0, 0.1) is 10.8 Å². The van der Waals surface area contributed by atoms with Crippen LogP contribution in [0.15, 0.2) is 36.7 Å². The van der Waals surface area contributed by atoms with Crippen molar-refractivity contribution in [2.24, 2.45) is 0 Å². The molecule has 1 aliphatic rings. The normalized spacial score (nSPS) is 18.4. The Morgan fingerprint density at radius 1 is 1.24 bits per heavy atom. The van der Waals surface area contributed by atoms with Gasteiger partial charge < -0.3 is 15.3 Å². The second-order valence-electron chi connectivity index (χ2n) is 8.95. The molecule has 4 N–H and O–H groups in total. The third-order valence-electron chi connectivity index (χ3n) is 5.23. The molecule has 0 unspecified atom stereocenters. The van der Waals surface area contributed by atoms with E-state index in [9.17, 15) is 5.11 Å². The van der Waals surface area contributed by atoms with E-state index in [1.54, 1.807) is 29.1 Å². The molecule has 29 heavy (non-hydrogen) atoms. The highest BCUT2D eigenvalue weighted by molar-refractivity contribution is 8.26. The quantitative estimate of drug-likeness (QED) is 0.452. The molecule has 0 radical (unpaired) electrons. The van der Waals surface area contributed by atoms with Gasteiger partial charge in [-0.2, -0.15) is 5.10 Å². The molecule has 8 heteroatoms. The summed E-state index contributed by atoms with van der Waals surface area (Å²) in [5.74, 6) is 0.0259. The molecule has 2 aromatic rings. The summed E-state index contributed by atoms with van der Waals surface area (Å²) in [6, 6.07) is 7.06. The van der Waals surface area contributed by atoms with Crippen LogP contribution in [0.1, 0.15) is 46.1 Å². The Kier molecular flexibility index (Phi) is 5.78. The Balaban J connectivity index is 1.74. The number of phenolic OH excluding ortho intramolecular Hbond substituents is 1. The summed E-state index contributed by atoms with van der Waals surface area (Å²) in [5.41, 5.74) is 1.12. The molecule has 0 saturated carbocycles. The lowest BCUT2D eigenvalue weighted by Gasteiger charge is -2.49. The predicted octanol–water partition coefficient (Wildman–Crippen LogP) is 3.81. The van der Waals surface area contributed by atoms with Crippen LogP contribution in [0.3, 0.4) is 0 Å². The number of amidine groups is 1. The van der Waals surface area contributed by atoms with Gasteiger partial charge in [0.15, 0.2) is 5.17 Å². The average Bonchev–Trinajstić information content (AvgIpc) is 3.13. The summed E-state index contributed by atoms with van der Waals surface area (Å²) in [6.45, 7) is 8.75. The summed E-state index contributed by atoms with van der Waals surface area (Å²) in [4.78, 5) is 1.96. The van der Waals surface area contributed by atoms with Crippen LogP contribution in [0.5, 0.6) is 5.75 Å². The lowest BCUT2D eigenvalue weighted by molar-refractivity contribution is 0.114. The number of thioether (sulfide) groups is 1. The molecule has 1 aliphatic heterocycles. The van der Waals surface area contributed by atoms with Crippen LogP contribution in [0.25, 0.3) is 5.69 Å². The van der Waals surface area contributed by atoms with E-state index in [0.29, 0.717) is 10.7 Å². The van der Waals surface area contributed by atoms with E-state index in [4.69, 9.17) is 10.8 Å². The van der Waals surface area contributed by atoms with E-state index >= 15 is 0 Å². The summed E-state index contributed by atoms with van der Waals surface area (Å²) in [5, 5.41) is 35.6. The van der Waals surface area contributed by atoms with E-state index in [-0.39, 0.29) is 27.9 Å². The molecule has 0 aliphatic carbocycles. The molecule has 0 atom stereocenters. The second-order valence-corrected chi connectivity index (χ2v) is 9.95. The standard InChI is InChI=1S/C21H30N6OS/c1-20(2)12-15(13-21(3,4)25-20)26(5)19(23)29-18(22)16-11-14(7-8-17(16)28)27-10-6-9-24-27/h6-11,15,22-23,25,28H,12-13H2,1-5H3. The summed E-state index contributed by atoms with van der Waals surface area (Å²) in [6.07, 6.45) is 5.33. The SMILES string of the molecule is CN(C(=N)SC(=N)c1cc(-n2cccn2)ccc1O)C1CC(C)(C)NC(C)(C)C1. The van der Waals surface area contributed by atoms with Gasteiger partial charge in [0.2, 0.25) is 0 Å². The third-order valence-corrected chi connectivity index (χ3v) is 6.13. The Morgan fingerprint density at radius 3 is 2.48 bits per heavy atom. The van der Waals surface area contributed by atoms with Gasteiger partial charge in [0.25, 0.3) is 0 Å². The third kappa shape index (κ3) is 5.00. The van der Waals surface area contributed by atoms with Gasteiger partial charge in [-0.25, -0.2) is 4.68 Å². The van der Waals surface area contributed by atoms with Crippen molar-refractivity contribution >= 4 is 22.0 Å². The van der Waals surface area contributed by atoms with Crippen LogP contribution in [0.4, 0.5) is 0 Å². The van der Waals surface area contributed by atoms with Gasteiger partial charge in [0.05, 0.1) is 11.3 Å². The van der Waals surface area contributed by atoms with Crippen molar-refractivity contribution in [3.8, 4) is 11.4 Å². The van der Waals surface area contributed by atoms with Crippen molar-refractivity contribution in [2.75, 3.05) is 7.05 Å². The first-order valence-corrected chi connectivity index (χ1v) is 10.5. The Hall–Kier alpha value is -2.32. The lowest BCUT2D eigenvalue weighted by Crippen LogP contribution is -2.62. The van der Waals surface area contributed by atoms with E-state index in [1.165, 1.54) is 0 Å². The molecule has 2 heterocycles. The van der Waals surface area contributed by atoms with Gasteiger partial charge in [-0.1, -0.05) is 0 Å². The molecule has 1 aromatic heterocycles. The van der Waals surface area contributed by atoms with Crippen molar-refractivity contribution in [1.29, 1.82) is 10.8 Å². The predicted molar refractivity (Wildman–Crippen MR) is 119 cm³/mol. The Morgan fingerprint density at radius 2 is 1.90 bits per heavy atom. The zero-order valence-corrected chi connectivity index (χ0v) is 18.5. The molecular formula is C21H30N6OS. The molecule has 156 valence electrons. The van der Waals surface area contributed by atoms with Crippen LogP contribution >= 0.6 is 11.8 Å². The monoisotopic (exact) mass is 414 g/mol. The van der Waals surface area contributed by atoms with Crippen molar-refractivity contribution < 1.29 is 5.11 Å². The van der Waals surface area contributed by atoms with Gasteiger partial charge >= 0.3 is 0 Å². The number of aromatic nitrogens is 2. The molecule has 0 amide bonds. The number of hydrogen-bond acceptors (Lipinski definition) is 6. The average molecular weight is 415 g/mol. The Bertz CT molecular complexity index is 890. The van der Waals surface area contributed by atoms with Gasteiger partial charge in [-0.3, -0.25) is 10.8 Å². The number of hydrogen-bond donors (Lipinski definition) is 4. The summed E-state index contributed by atoms with van der Waals surface area (Å²) >= 11 is 1.06. The molecule has 0 bridgehead atoms. The minimum absolute atomic E-state index is 0.0184. The zero-order valence-electron chi connectivity index (χ0n) is 17.7. The van der Waals surface area contributed by atoms with Gasteiger partial charge in [0, 0.05) is 36.6 Å². The number of nitrogens with one attached hydrogen (secondary N) is 3. The van der Waals surface area contributed by atoms with Crippen molar-refractivity contribution in [3.63, 3.8) is 0 Å². The smallest absolute Gasteiger partial charge is 0.162 e. The summed E-state index contributed by atoms with van der Waals surface area (Å²) < 4.78 is 1.68. The number of phenols is 1. The molecular weight excluding hydrogens is 384 g/mol. The first-order valence-electron chi connectivity index (χ1n) is 9.68. The van der Waals surface area contributed by atoms with Crippen LogP contribution in [-0.4, -0.2) is 54.2 Å². The first kappa shape index (κ1) is 21.4. The van der Waals surface area contributed by atoms with Crippen molar-refractivity contribution in [2.45, 2.75) is 57.7 Å². The van der Waals surface area contributed by atoms with Crippen molar-refractivity contribution in [1.82, 2.24) is 20.0 Å². The maximum absolute atomic E-state index is 10.3. The highest BCUT2D eigenvalue weighted by Crippen LogP contribution is 2.33. The molecule has 3 rings (SSSR count). The van der Waals surface area contributed by atoms with E-state index in [1.807, 2.05) is 24.2 Å². The number of rotatable bonds is 3. The summed E-state index contributed by atoms with van der Waals surface area (Å²) in [7, 11) is 1.92. The van der Waals surface area contributed by atoms with Gasteiger partial charge in [-0.15, -0.1) is 0 Å². The topological polar surface area (TPSA) is 101 Å². The number of piperidine rings is 1. The number of benzene rings is 1. The Labute approximate surface area is 176 Å². The van der Waals surface area contributed by atoms with Crippen LogP contribution in [0.2, 0.25) is 0 Å². The second kappa shape index (κ2) is 7.84. The fourth-order valence-electron chi connectivity index (χ4n) is 4.20. The van der Waals surface area contributed by atoms with Gasteiger partial charge in [0.1, 0.15) is 10.8 Å². The van der Waals surface area contributed by atoms with E-state index < -0.39 is 0 Å². The maximum atomic E-state index is 10.3. The minimum Gasteiger partial charge on any atom is -0.507 e.